The van der Waals surface area contributed by atoms with Crippen LogP contribution in [0.2, 0.25) is 0 Å². The van der Waals surface area contributed by atoms with Gasteiger partial charge in [0.1, 0.15) is 23.0 Å². The molecule has 0 atom stereocenters. The van der Waals surface area contributed by atoms with Crippen molar-refractivity contribution in [3.8, 4) is 28.7 Å². The predicted molar refractivity (Wildman–Crippen MR) is 119 cm³/mol. The number of hydrogen-bond acceptors (Lipinski definition) is 7. The minimum atomic E-state index is 0.105. The molecule has 0 aliphatic carbocycles. The summed E-state index contributed by atoms with van der Waals surface area (Å²) in [6, 6.07) is 11.5. The fraction of sp³-hybridized carbons (Fsp3) is 0.304. The molecule has 1 aromatic heterocycles. The first-order valence-electron chi connectivity index (χ1n) is 9.84. The van der Waals surface area contributed by atoms with Crippen LogP contribution in [0, 0.1) is 0 Å². The zero-order valence-corrected chi connectivity index (χ0v) is 18.0. The van der Waals surface area contributed by atoms with Gasteiger partial charge in [-0.3, -0.25) is 0 Å². The van der Waals surface area contributed by atoms with Crippen LogP contribution in [-0.4, -0.2) is 17.1 Å². The van der Waals surface area contributed by atoms with Gasteiger partial charge in [-0.05, 0) is 48.2 Å². The Bertz CT molecular complexity index is 1030. The number of nitrogen functional groups attached to an aromatic ring is 2. The number of hydrogen-bond donors (Lipinski definition) is 2. The van der Waals surface area contributed by atoms with E-state index in [1.54, 1.807) is 7.11 Å². The van der Waals surface area contributed by atoms with Crippen molar-refractivity contribution in [3.63, 3.8) is 0 Å². The lowest BCUT2D eigenvalue weighted by Gasteiger charge is -2.18. The molecule has 2 aromatic carbocycles. The molecule has 0 fully saturated rings. The molecule has 1 heterocycles. The summed E-state index contributed by atoms with van der Waals surface area (Å²) in [7, 11) is 1.66. The molecule has 0 aliphatic rings. The van der Waals surface area contributed by atoms with Gasteiger partial charge in [0.25, 0.3) is 0 Å². The number of ether oxygens (including phenoxy) is 3. The quantitative estimate of drug-likeness (QED) is 0.533. The van der Waals surface area contributed by atoms with Crippen LogP contribution in [0.3, 0.4) is 0 Å². The molecule has 0 spiro atoms. The lowest BCUT2D eigenvalue weighted by atomic mass is 10.0. The molecule has 0 radical (unpaired) electrons. The minimum absolute atomic E-state index is 0.105. The van der Waals surface area contributed by atoms with Crippen molar-refractivity contribution in [2.45, 2.75) is 39.5 Å². The van der Waals surface area contributed by atoms with E-state index in [1.165, 1.54) is 6.20 Å². The van der Waals surface area contributed by atoms with Gasteiger partial charge in [-0.15, -0.1) is 0 Å². The van der Waals surface area contributed by atoms with Gasteiger partial charge in [0.15, 0.2) is 11.6 Å². The van der Waals surface area contributed by atoms with Crippen molar-refractivity contribution >= 4 is 11.8 Å². The Balaban J connectivity index is 1.92. The molecule has 7 heteroatoms. The standard InChI is InChI=1S/C23H28N4O3/c1-13(2)17-10-15(28-5)6-8-19(17)29-16-7-9-20(18(11-16)14(3)4)30-21-12-26-23(25)27-22(21)24/h6-14H,1-5H3,(H4,24,25,26,27). The van der Waals surface area contributed by atoms with E-state index in [-0.39, 0.29) is 23.6 Å². The molecule has 4 N–H and O–H groups in total. The number of benzene rings is 2. The average molecular weight is 409 g/mol. The van der Waals surface area contributed by atoms with E-state index in [2.05, 4.69) is 37.7 Å². The topological polar surface area (TPSA) is 106 Å². The highest BCUT2D eigenvalue weighted by atomic mass is 16.5. The molecule has 0 aliphatic heterocycles. The highest BCUT2D eigenvalue weighted by Gasteiger charge is 2.15. The smallest absolute Gasteiger partial charge is 0.222 e. The third kappa shape index (κ3) is 4.74. The highest BCUT2D eigenvalue weighted by Crippen LogP contribution is 2.38. The van der Waals surface area contributed by atoms with Crippen LogP contribution in [0.4, 0.5) is 11.8 Å². The van der Waals surface area contributed by atoms with Crippen LogP contribution >= 0.6 is 0 Å². The maximum atomic E-state index is 6.23. The van der Waals surface area contributed by atoms with Gasteiger partial charge in [-0.25, -0.2) is 4.98 Å². The number of methoxy groups -OCH3 is 1. The highest BCUT2D eigenvalue weighted by molar-refractivity contribution is 5.52. The second-order valence-electron chi connectivity index (χ2n) is 7.59. The van der Waals surface area contributed by atoms with Crippen molar-refractivity contribution in [1.29, 1.82) is 0 Å². The van der Waals surface area contributed by atoms with Crippen LogP contribution in [-0.2, 0) is 0 Å². The summed E-state index contributed by atoms with van der Waals surface area (Å²) in [5.41, 5.74) is 13.5. The Kier molecular flexibility index (Phi) is 6.30. The number of anilines is 2. The van der Waals surface area contributed by atoms with E-state index < -0.39 is 0 Å². The molecule has 3 rings (SSSR count). The fourth-order valence-corrected chi connectivity index (χ4v) is 3.05. The minimum Gasteiger partial charge on any atom is -0.497 e. The largest absolute Gasteiger partial charge is 0.497 e. The summed E-state index contributed by atoms with van der Waals surface area (Å²) in [6.07, 6.45) is 1.47. The lowest BCUT2D eigenvalue weighted by Crippen LogP contribution is -2.03. The Hall–Kier alpha value is -3.48. The average Bonchev–Trinajstić information content (AvgIpc) is 2.71. The molecule has 0 saturated carbocycles. The molecule has 0 saturated heterocycles. The van der Waals surface area contributed by atoms with Crippen molar-refractivity contribution in [2.24, 2.45) is 0 Å². The maximum Gasteiger partial charge on any atom is 0.222 e. The number of nitrogens with two attached hydrogens (primary N) is 2. The first-order chi connectivity index (χ1) is 14.3. The van der Waals surface area contributed by atoms with E-state index in [0.717, 1.165) is 28.4 Å². The summed E-state index contributed by atoms with van der Waals surface area (Å²) in [5, 5.41) is 0. The Morgan fingerprint density at radius 1 is 0.767 bits per heavy atom. The predicted octanol–water partition coefficient (Wildman–Crippen LogP) is 5.48. The molecule has 3 aromatic rings. The van der Waals surface area contributed by atoms with Crippen molar-refractivity contribution in [1.82, 2.24) is 9.97 Å². The number of aromatic nitrogens is 2. The maximum absolute atomic E-state index is 6.23. The first kappa shape index (κ1) is 21.2. The van der Waals surface area contributed by atoms with E-state index in [9.17, 15) is 0 Å². The summed E-state index contributed by atoms with van der Waals surface area (Å²) in [4.78, 5) is 7.89. The van der Waals surface area contributed by atoms with Gasteiger partial charge < -0.3 is 25.7 Å². The first-order valence-corrected chi connectivity index (χ1v) is 9.84. The molecule has 0 unspecified atom stereocenters. The van der Waals surface area contributed by atoms with Gasteiger partial charge in [0.2, 0.25) is 5.95 Å². The molecule has 7 nitrogen and oxygen atoms in total. The molecule has 30 heavy (non-hydrogen) atoms. The van der Waals surface area contributed by atoms with Crippen LogP contribution in [0.15, 0.2) is 42.6 Å². The Morgan fingerprint density at radius 2 is 1.33 bits per heavy atom. The Labute approximate surface area is 177 Å². The third-order valence-electron chi connectivity index (χ3n) is 4.69. The van der Waals surface area contributed by atoms with Crippen molar-refractivity contribution < 1.29 is 14.2 Å². The number of nitrogens with zero attached hydrogens (tertiary/aromatic N) is 2. The molecular weight excluding hydrogens is 380 g/mol. The second kappa shape index (κ2) is 8.90. The molecule has 158 valence electrons. The van der Waals surface area contributed by atoms with Gasteiger partial charge in [-0.1, -0.05) is 27.7 Å². The SMILES string of the molecule is COc1ccc(Oc2ccc(Oc3cnc(N)nc3N)c(C(C)C)c2)c(C(C)C)c1. The van der Waals surface area contributed by atoms with Crippen LogP contribution in [0.1, 0.15) is 50.7 Å². The molecule has 0 bridgehead atoms. The van der Waals surface area contributed by atoms with E-state index in [4.69, 9.17) is 25.7 Å². The Morgan fingerprint density at radius 3 is 1.90 bits per heavy atom. The molecule has 0 amide bonds. The fourth-order valence-electron chi connectivity index (χ4n) is 3.05. The lowest BCUT2D eigenvalue weighted by molar-refractivity contribution is 0.410. The molecular formula is C23H28N4O3. The number of rotatable bonds is 7. The van der Waals surface area contributed by atoms with Crippen molar-refractivity contribution in [3.05, 3.63) is 53.7 Å². The third-order valence-corrected chi connectivity index (χ3v) is 4.69. The van der Waals surface area contributed by atoms with Gasteiger partial charge in [0.05, 0.1) is 13.3 Å². The summed E-state index contributed by atoms with van der Waals surface area (Å²) in [5.74, 6) is 4.13. The van der Waals surface area contributed by atoms with E-state index in [1.807, 2.05) is 36.4 Å². The van der Waals surface area contributed by atoms with Gasteiger partial charge in [-0.2, -0.15) is 4.98 Å². The van der Waals surface area contributed by atoms with Gasteiger partial charge in [0, 0.05) is 11.1 Å². The van der Waals surface area contributed by atoms with Crippen LogP contribution < -0.4 is 25.7 Å². The van der Waals surface area contributed by atoms with Gasteiger partial charge >= 0.3 is 0 Å². The van der Waals surface area contributed by atoms with Crippen molar-refractivity contribution in [2.75, 3.05) is 18.6 Å². The van der Waals surface area contributed by atoms with Crippen LogP contribution in [0.25, 0.3) is 0 Å². The second-order valence-corrected chi connectivity index (χ2v) is 7.59. The van der Waals surface area contributed by atoms with Crippen LogP contribution in [0.5, 0.6) is 28.7 Å². The summed E-state index contributed by atoms with van der Waals surface area (Å²) in [6.45, 7) is 8.41. The summed E-state index contributed by atoms with van der Waals surface area (Å²) >= 11 is 0. The van der Waals surface area contributed by atoms with E-state index in [0.29, 0.717) is 11.5 Å². The zero-order valence-electron chi connectivity index (χ0n) is 18.0. The summed E-state index contributed by atoms with van der Waals surface area (Å²) < 4.78 is 17.6. The van der Waals surface area contributed by atoms with E-state index >= 15 is 0 Å². The normalized spacial score (nSPS) is 11.0. The zero-order chi connectivity index (χ0) is 21.8. The monoisotopic (exact) mass is 408 g/mol.